The number of carboxylic acid groups (broad SMARTS) is 1. The van der Waals surface area contributed by atoms with Crippen LogP contribution in [-0.4, -0.2) is 33.1 Å². The summed E-state index contributed by atoms with van der Waals surface area (Å²) in [7, 11) is 0. The maximum absolute atomic E-state index is 11.5. The van der Waals surface area contributed by atoms with Crippen molar-refractivity contribution in [2.75, 3.05) is 0 Å². The fourth-order valence-electron chi connectivity index (χ4n) is 0.524. The molecule has 8 heteroatoms. The Morgan fingerprint density at radius 3 is 2.83 bits per heavy atom. The minimum Gasteiger partial charge on any atom is -0.476 e. The lowest BCUT2D eigenvalue weighted by molar-refractivity contribution is -0.0534. The van der Waals surface area contributed by atoms with Crippen molar-refractivity contribution in [3.05, 3.63) is 5.69 Å². The number of hydrogen-bond donors (Lipinski definition) is 2. The molecule has 0 bridgehead atoms. The zero-order chi connectivity index (χ0) is 9.14. The summed E-state index contributed by atoms with van der Waals surface area (Å²) in [6.07, 6.45) is 0. The van der Waals surface area contributed by atoms with E-state index >= 15 is 0 Å². The molecule has 0 unspecified atom stereocenters. The van der Waals surface area contributed by atoms with Gasteiger partial charge in [-0.3, -0.25) is 0 Å². The van der Waals surface area contributed by atoms with Crippen molar-refractivity contribution in [1.82, 2.24) is 15.4 Å². The fourth-order valence-corrected chi connectivity index (χ4v) is 0.524. The molecule has 0 saturated carbocycles. The maximum atomic E-state index is 11.5. The van der Waals surface area contributed by atoms with E-state index in [0.717, 1.165) is 0 Å². The molecule has 0 fully saturated rings. The Morgan fingerprint density at radius 1 is 1.67 bits per heavy atom. The van der Waals surface area contributed by atoms with Gasteiger partial charge >= 0.3 is 12.6 Å². The van der Waals surface area contributed by atoms with Gasteiger partial charge in [0.25, 0.3) is 5.88 Å². The molecule has 0 spiro atoms. The number of ether oxygens (including phenoxy) is 1. The zero-order valence-electron chi connectivity index (χ0n) is 5.49. The van der Waals surface area contributed by atoms with Gasteiger partial charge in [0.1, 0.15) is 0 Å². The normalized spacial score (nSPS) is 10.2. The summed E-state index contributed by atoms with van der Waals surface area (Å²) < 4.78 is 26.8. The minimum absolute atomic E-state index is 0.602. The van der Waals surface area contributed by atoms with Crippen LogP contribution in [0.3, 0.4) is 0 Å². The van der Waals surface area contributed by atoms with Crippen LogP contribution in [0.5, 0.6) is 5.88 Å². The molecular weight excluding hydrogens is 176 g/mol. The monoisotopic (exact) mass is 179 g/mol. The predicted molar refractivity (Wildman–Crippen MR) is 30.0 cm³/mol. The smallest absolute Gasteiger partial charge is 0.388 e. The first kappa shape index (κ1) is 8.37. The molecule has 1 heterocycles. The minimum atomic E-state index is -3.12. The summed E-state index contributed by atoms with van der Waals surface area (Å²) in [5.74, 6) is -2.19. The van der Waals surface area contributed by atoms with Crippen LogP contribution in [0.2, 0.25) is 0 Å². The summed E-state index contributed by atoms with van der Waals surface area (Å²) in [5, 5.41) is 16.2. The summed E-state index contributed by atoms with van der Waals surface area (Å²) in [6, 6.07) is 0. The van der Waals surface area contributed by atoms with Gasteiger partial charge in [-0.1, -0.05) is 10.3 Å². The van der Waals surface area contributed by atoms with Crippen LogP contribution >= 0.6 is 0 Å². The molecule has 0 aliphatic rings. The molecule has 66 valence electrons. The number of carboxylic acids is 1. The van der Waals surface area contributed by atoms with Crippen molar-refractivity contribution >= 4 is 5.97 Å². The Kier molecular flexibility index (Phi) is 2.17. The number of aromatic amines is 1. The first-order valence-corrected chi connectivity index (χ1v) is 2.70. The van der Waals surface area contributed by atoms with Gasteiger partial charge in [-0.15, -0.1) is 0 Å². The standard InChI is InChI=1S/C4H3F2N3O3/c5-4(6)12-2-1(3(10)11)7-9-8-2/h4H,(H,10,11)(H,7,8,9). The van der Waals surface area contributed by atoms with Crippen LogP contribution in [0, 0.1) is 0 Å². The first-order valence-electron chi connectivity index (χ1n) is 2.70. The highest BCUT2D eigenvalue weighted by molar-refractivity contribution is 5.87. The number of aromatic carboxylic acids is 1. The van der Waals surface area contributed by atoms with E-state index in [0.29, 0.717) is 0 Å². The number of hydrogen-bond acceptors (Lipinski definition) is 4. The second-order valence-electron chi connectivity index (χ2n) is 1.68. The molecule has 1 aromatic heterocycles. The highest BCUT2D eigenvalue weighted by atomic mass is 19.3. The quantitative estimate of drug-likeness (QED) is 0.687. The van der Waals surface area contributed by atoms with Gasteiger partial charge in [0, 0.05) is 0 Å². The van der Waals surface area contributed by atoms with Gasteiger partial charge < -0.3 is 9.84 Å². The molecule has 0 saturated heterocycles. The number of nitrogens with zero attached hydrogens (tertiary/aromatic N) is 2. The Balaban J connectivity index is 2.84. The molecule has 0 atom stereocenters. The van der Waals surface area contributed by atoms with E-state index in [2.05, 4.69) is 15.0 Å². The second kappa shape index (κ2) is 3.11. The Hall–Kier alpha value is -1.73. The van der Waals surface area contributed by atoms with Gasteiger partial charge in [-0.25, -0.2) is 9.89 Å². The summed E-state index contributed by atoms with van der Waals surface area (Å²) >= 11 is 0. The van der Waals surface area contributed by atoms with E-state index in [1.807, 2.05) is 5.10 Å². The van der Waals surface area contributed by atoms with E-state index in [1.54, 1.807) is 0 Å². The molecule has 2 N–H and O–H groups in total. The average molecular weight is 179 g/mol. The van der Waals surface area contributed by atoms with E-state index in [-0.39, 0.29) is 0 Å². The first-order chi connectivity index (χ1) is 5.61. The van der Waals surface area contributed by atoms with E-state index in [9.17, 15) is 13.6 Å². The predicted octanol–water partition coefficient (Wildman–Crippen LogP) is 0.104. The SMILES string of the molecule is O=C(O)c1[nH]nnc1OC(F)F. The molecular formula is C4H3F2N3O3. The number of halogens is 2. The Morgan fingerprint density at radius 2 is 2.33 bits per heavy atom. The van der Waals surface area contributed by atoms with E-state index in [1.165, 1.54) is 0 Å². The lowest BCUT2D eigenvalue weighted by Crippen LogP contribution is -2.07. The third-order valence-electron chi connectivity index (χ3n) is 0.931. The number of aromatic nitrogens is 3. The van der Waals surface area contributed by atoms with Gasteiger partial charge in [-0.05, 0) is 0 Å². The molecule has 1 rings (SSSR count). The fraction of sp³-hybridized carbons (Fsp3) is 0.250. The summed E-state index contributed by atoms with van der Waals surface area (Å²) in [4.78, 5) is 10.2. The number of nitrogens with one attached hydrogen (secondary N) is 1. The van der Waals surface area contributed by atoms with Crippen molar-refractivity contribution in [2.45, 2.75) is 6.61 Å². The molecule has 0 aliphatic heterocycles. The lowest BCUT2D eigenvalue weighted by Gasteiger charge is -1.98. The molecule has 0 aromatic carbocycles. The molecule has 0 aliphatic carbocycles. The Labute approximate surface area is 64.1 Å². The van der Waals surface area contributed by atoms with E-state index in [4.69, 9.17) is 5.11 Å². The van der Waals surface area contributed by atoms with E-state index < -0.39 is 24.2 Å². The van der Waals surface area contributed by atoms with Crippen LogP contribution in [-0.2, 0) is 0 Å². The maximum Gasteiger partial charge on any atom is 0.388 e. The number of alkyl halides is 2. The van der Waals surface area contributed by atoms with Crippen LogP contribution in [0.4, 0.5) is 8.78 Å². The van der Waals surface area contributed by atoms with Crippen LogP contribution < -0.4 is 4.74 Å². The number of H-pyrrole nitrogens is 1. The van der Waals surface area contributed by atoms with Crippen molar-refractivity contribution in [2.24, 2.45) is 0 Å². The topological polar surface area (TPSA) is 88.1 Å². The van der Waals surface area contributed by atoms with Gasteiger partial charge in [-0.2, -0.15) is 8.78 Å². The van der Waals surface area contributed by atoms with Crippen molar-refractivity contribution < 1.29 is 23.4 Å². The van der Waals surface area contributed by atoms with Gasteiger partial charge in [0.15, 0.2) is 0 Å². The van der Waals surface area contributed by atoms with Gasteiger partial charge in [0.05, 0.1) is 0 Å². The van der Waals surface area contributed by atoms with Crippen LogP contribution in [0.25, 0.3) is 0 Å². The van der Waals surface area contributed by atoms with Crippen molar-refractivity contribution in [3.63, 3.8) is 0 Å². The average Bonchev–Trinajstić information content (AvgIpc) is 2.33. The number of rotatable bonds is 3. The summed E-state index contributed by atoms with van der Waals surface area (Å²) in [5.41, 5.74) is -0.602. The van der Waals surface area contributed by atoms with Crippen molar-refractivity contribution in [3.8, 4) is 5.88 Å². The highest BCUT2D eigenvalue weighted by Gasteiger charge is 2.18. The zero-order valence-corrected chi connectivity index (χ0v) is 5.49. The summed E-state index contributed by atoms with van der Waals surface area (Å²) in [6.45, 7) is -3.12. The lowest BCUT2D eigenvalue weighted by atomic mass is 10.5. The molecule has 1 aromatic rings. The van der Waals surface area contributed by atoms with Crippen LogP contribution in [0.1, 0.15) is 10.5 Å². The highest BCUT2D eigenvalue weighted by Crippen LogP contribution is 2.13. The van der Waals surface area contributed by atoms with Crippen LogP contribution in [0.15, 0.2) is 0 Å². The third kappa shape index (κ3) is 1.65. The van der Waals surface area contributed by atoms with Gasteiger partial charge in [0.2, 0.25) is 5.69 Å². The molecule has 0 radical (unpaired) electrons. The molecule has 12 heavy (non-hydrogen) atoms. The molecule has 6 nitrogen and oxygen atoms in total. The largest absolute Gasteiger partial charge is 0.476 e. The number of carbonyl (C=O) groups is 1. The second-order valence-corrected chi connectivity index (χ2v) is 1.68. The Bertz CT molecular complexity index is 287. The third-order valence-corrected chi connectivity index (χ3v) is 0.931. The molecule has 0 amide bonds. The van der Waals surface area contributed by atoms with Crippen molar-refractivity contribution in [1.29, 1.82) is 0 Å².